The molecule has 0 radical (unpaired) electrons. The zero-order valence-electron chi connectivity index (χ0n) is 43.3. The van der Waals surface area contributed by atoms with Crippen molar-refractivity contribution in [3.63, 3.8) is 0 Å². The van der Waals surface area contributed by atoms with Crippen LogP contribution in [0.15, 0.2) is 93.8 Å². The van der Waals surface area contributed by atoms with Crippen LogP contribution in [0.3, 0.4) is 0 Å². The Hall–Kier alpha value is -6.26. The first kappa shape index (κ1) is 56.7. The van der Waals surface area contributed by atoms with Crippen molar-refractivity contribution in [1.29, 1.82) is 0 Å². The van der Waals surface area contributed by atoms with Crippen LogP contribution in [0, 0.1) is 13.8 Å². The van der Waals surface area contributed by atoms with Gasteiger partial charge in [0.25, 0.3) is 11.8 Å². The van der Waals surface area contributed by atoms with E-state index >= 15 is 0 Å². The predicted molar refractivity (Wildman–Crippen MR) is 293 cm³/mol. The van der Waals surface area contributed by atoms with Crippen LogP contribution in [0.4, 0.5) is 11.4 Å². The molecule has 6 rings (SSSR count). The highest BCUT2D eigenvalue weighted by Gasteiger charge is 2.24. The van der Waals surface area contributed by atoms with Gasteiger partial charge in [0.15, 0.2) is 0 Å². The van der Waals surface area contributed by atoms with E-state index < -0.39 is 5.97 Å². The molecule has 2 heterocycles. The molecule has 2 aromatic heterocycles. The number of hydrogen-bond donors (Lipinski definition) is 3. The molecule has 0 saturated carbocycles. The maximum Gasteiger partial charge on any atom is 0.307 e. The highest BCUT2D eigenvalue weighted by atomic mass is 32.2. The van der Waals surface area contributed by atoms with Crippen LogP contribution in [0.2, 0.25) is 0 Å². The number of carboxylic acid groups (broad SMARTS) is 1. The second kappa shape index (κ2) is 28.7. The van der Waals surface area contributed by atoms with Crippen LogP contribution in [0.1, 0.15) is 114 Å². The number of rotatable bonds is 27. The number of benzene rings is 4. The molecule has 0 aliphatic carbocycles. The van der Waals surface area contributed by atoms with Gasteiger partial charge in [0, 0.05) is 71.6 Å². The van der Waals surface area contributed by atoms with E-state index in [4.69, 9.17) is 28.2 Å². The number of amides is 2. The van der Waals surface area contributed by atoms with Gasteiger partial charge in [0.05, 0.1) is 45.8 Å². The molecule has 2 unspecified atom stereocenters. The van der Waals surface area contributed by atoms with Crippen molar-refractivity contribution in [1.82, 2.24) is 9.80 Å². The van der Waals surface area contributed by atoms with Crippen LogP contribution in [-0.2, 0) is 14.3 Å². The Morgan fingerprint density at radius 1 is 0.625 bits per heavy atom. The molecule has 72 heavy (non-hydrogen) atoms. The lowest BCUT2D eigenvalue weighted by molar-refractivity contribution is -0.143. The number of aryl methyl sites for hydroxylation is 2. The summed E-state index contributed by atoms with van der Waals surface area (Å²) in [6.07, 6.45) is 10.6. The molecule has 0 aliphatic rings. The minimum absolute atomic E-state index is 0.00551. The Bertz CT molecular complexity index is 2680. The summed E-state index contributed by atoms with van der Waals surface area (Å²) >= 11 is 3.71. The van der Waals surface area contributed by atoms with E-state index in [1.807, 2.05) is 96.3 Å². The van der Waals surface area contributed by atoms with E-state index in [1.165, 1.54) is 4.90 Å². The van der Waals surface area contributed by atoms with Gasteiger partial charge in [0.2, 0.25) is 0 Å². The highest BCUT2D eigenvalue weighted by molar-refractivity contribution is 7.98. The molecule has 2 atom stereocenters. The maximum atomic E-state index is 12.8. The Labute approximate surface area is 432 Å². The highest BCUT2D eigenvalue weighted by Crippen LogP contribution is 2.37. The average Bonchev–Trinajstić information content (AvgIpc) is 3.90. The number of anilines is 2. The van der Waals surface area contributed by atoms with Crippen LogP contribution in [-0.4, -0.2) is 111 Å². The molecule has 2 amide bonds. The number of furan rings is 2. The summed E-state index contributed by atoms with van der Waals surface area (Å²) in [5.41, 5.74) is 6.77. The number of carboxylic acids is 1. The minimum atomic E-state index is -0.924. The number of esters is 1. The van der Waals surface area contributed by atoms with Crippen molar-refractivity contribution < 1.29 is 47.3 Å². The van der Waals surface area contributed by atoms with Crippen molar-refractivity contribution in [2.45, 2.75) is 84.2 Å². The second-order valence-corrected chi connectivity index (χ2v) is 19.6. The molecule has 0 bridgehead atoms. The van der Waals surface area contributed by atoms with Gasteiger partial charge in [-0.1, -0.05) is 12.8 Å². The largest absolute Gasteiger partial charge is 0.497 e. The molecule has 388 valence electrons. The first-order valence-electron chi connectivity index (χ1n) is 24.4. The third kappa shape index (κ3) is 16.1. The van der Waals surface area contributed by atoms with Gasteiger partial charge in [-0.2, -0.15) is 23.5 Å². The van der Waals surface area contributed by atoms with Crippen molar-refractivity contribution in [2.75, 3.05) is 82.7 Å². The number of carbonyl (C=O) groups excluding carboxylic acids is 3. The standard InChI is InChI=1S/C29H38N2O5S.C27H34N2O5S/c1-6-35-27(32)16-17-31(3)29(33)21-10-12-22(13-11-21)30-25(9-7-8-18-37-5)28-20(2)24-19-23(34-4)14-15-26(24)36-28;1-18-22-17-21(33-3)12-13-24(22)34-26(18)23(7-5-6-16-35-4)28-20-10-8-19(9-11-20)27(32)29(2)15-14-25(30)31/h10-15,19,25,30H,6-9,16-18H2,1-5H3;8-13,17,23,28H,5-7,14-16H2,1-4H3,(H,30,31). The number of nitrogens with zero attached hydrogens (tertiary/aromatic N) is 2. The van der Waals surface area contributed by atoms with Crippen LogP contribution < -0.4 is 20.1 Å². The Kier molecular flexibility index (Phi) is 22.6. The van der Waals surface area contributed by atoms with E-state index in [9.17, 15) is 19.2 Å². The van der Waals surface area contributed by atoms with Gasteiger partial charge in [0.1, 0.15) is 34.2 Å². The summed E-state index contributed by atoms with van der Waals surface area (Å²) in [6, 6.07) is 26.5. The zero-order chi connectivity index (χ0) is 52.2. The third-order valence-electron chi connectivity index (χ3n) is 12.4. The first-order chi connectivity index (χ1) is 34.7. The van der Waals surface area contributed by atoms with E-state index in [0.29, 0.717) is 24.3 Å². The number of nitrogens with one attached hydrogen (secondary N) is 2. The second-order valence-electron chi connectivity index (χ2n) is 17.6. The topological polar surface area (TPSA) is 173 Å². The Morgan fingerprint density at radius 2 is 1.04 bits per heavy atom. The van der Waals surface area contributed by atoms with Crippen molar-refractivity contribution >= 4 is 80.6 Å². The maximum absolute atomic E-state index is 12.8. The number of thioether (sulfide) groups is 2. The molecule has 4 aromatic carbocycles. The first-order valence-corrected chi connectivity index (χ1v) is 27.2. The number of carbonyl (C=O) groups is 4. The molecule has 16 heteroatoms. The number of hydrogen-bond acceptors (Lipinski definition) is 13. The fourth-order valence-corrected chi connectivity index (χ4v) is 9.29. The van der Waals surface area contributed by atoms with Crippen molar-refractivity contribution in [3.05, 3.63) is 119 Å². The molecule has 0 saturated heterocycles. The summed E-state index contributed by atoms with van der Waals surface area (Å²) in [6.45, 7) is 6.75. The van der Waals surface area contributed by atoms with Gasteiger partial charge < -0.3 is 48.6 Å². The fraction of sp³-hybridized carbons (Fsp3) is 0.429. The number of unbranched alkanes of at least 4 members (excludes halogenated alkanes) is 2. The van der Waals surface area contributed by atoms with Crippen LogP contribution >= 0.6 is 23.5 Å². The third-order valence-corrected chi connectivity index (χ3v) is 13.8. The number of fused-ring (bicyclic) bond motifs is 2. The van der Waals surface area contributed by atoms with Gasteiger partial charge in [-0.25, -0.2) is 0 Å². The monoisotopic (exact) mass is 1020 g/mol. The number of ether oxygens (including phenoxy) is 3. The van der Waals surface area contributed by atoms with Crippen molar-refractivity contribution in [2.24, 2.45) is 0 Å². The molecule has 0 spiro atoms. The zero-order valence-corrected chi connectivity index (χ0v) is 44.9. The normalized spacial score (nSPS) is 11.8. The Morgan fingerprint density at radius 3 is 1.42 bits per heavy atom. The lowest BCUT2D eigenvalue weighted by atomic mass is 10.0. The van der Waals surface area contributed by atoms with Crippen LogP contribution in [0.25, 0.3) is 21.9 Å². The quantitative estimate of drug-likeness (QED) is 0.0328. The lowest BCUT2D eigenvalue weighted by Crippen LogP contribution is -2.29. The SMILES string of the molecule is CCOC(=O)CCN(C)C(=O)c1ccc(NC(CCCCSC)c2oc3ccc(OC)cc3c2C)cc1.COc1ccc2oc(C(CCCCSC)Nc3ccc(C(=O)N(C)CCC(=O)O)cc3)c(C)c2c1. The smallest absolute Gasteiger partial charge is 0.307 e. The van der Waals surface area contributed by atoms with Crippen LogP contribution in [0.5, 0.6) is 11.5 Å². The number of methoxy groups -OCH3 is 2. The average molecular weight is 1030 g/mol. The van der Waals surface area contributed by atoms with E-state index in [2.05, 4.69) is 37.0 Å². The van der Waals surface area contributed by atoms with E-state index in [-0.39, 0.29) is 49.3 Å². The number of aliphatic carboxylic acids is 1. The molecule has 0 fully saturated rings. The molecule has 14 nitrogen and oxygen atoms in total. The molecule has 3 N–H and O–H groups in total. The van der Waals surface area contributed by atoms with Gasteiger partial charge >= 0.3 is 11.9 Å². The van der Waals surface area contributed by atoms with Gasteiger partial charge in [-0.05, 0) is 155 Å². The van der Waals surface area contributed by atoms with Crippen molar-refractivity contribution in [3.8, 4) is 11.5 Å². The summed E-state index contributed by atoms with van der Waals surface area (Å²) in [4.78, 5) is 50.8. The van der Waals surface area contributed by atoms with E-state index in [1.54, 1.807) is 52.3 Å². The summed E-state index contributed by atoms with van der Waals surface area (Å²) in [5, 5.41) is 18.2. The molecule has 6 aromatic rings. The minimum Gasteiger partial charge on any atom is -0.497 e. The predicted octanol–water partition coefficient (Wildman–Crippen LogP) is 12.4. The summed E-state index contributed by atoms with van der Waals surface area (Å²) in [7, 11) is 6.63. The summed E-state index contributed by atoms with van der Waals surface area (Å²) in [5.74, 6) is 4.12. The Balaban J connectivity index is 0.000000268. The van der Waals surface area contributed by atoms with Gasteiger partial charge in [-0.3, -0.25) is 19.2 Å². The van der Waals surface area contributed by atoms with Gasteiger partial charge in [-0.15, -0.1) is 0 Å². The van der Waals surface area contributed by atoms with E-state index in [0.717, 1.165) is 117 Å². The molecular weight excluding hydrogens is 953 g/mol. The molecule has 0 aliphatic heterocycles. The summed E-state index contributed by atoms with van der Waals surface area (Å²) < 4.78 is 28.4. The lowest BCUT2D eigenvalue weighted by Gasteiger charge is -2.20. The fourth-order valence-electron chi connectivity index (χ4n) is 8.30. The molecular formula is C56H72N4O10S2.